The van der Waals surface area contributed by atoms with E-state index in [1.807, 2.05) is 0 Å². The molecule has 0 saturated carbocycles. The third kappa shape index (κ3) is 3.72. The molecule has 0 bridgehead atoms. The first-order valence-corrected chi connectivity index (χ1v) is 6.87. The molecule has 1 aliphatic heterocycles. The number of piperazine rings is 1. The highest BCUT2D eigenvalue weighted by Crippen LogP contribution is 2.07. The van der Waals surface area contributed by atoms with E-state index < -0.39 is 0 Å². The normalized spacial score (nSPS) is 15.2. The van der Waals surface area contributed by atoms with Gasteiger partial charge in [0.05, 0.1) is 12.9 Å². The van der Waals surface area contributed by atoms with Crippen molar-refractivity contribution in [3.63, 3.8) is 0 Å². The highest BCUT2D eigenvalue weighted by Gasteiger charge is 2.24. The molecule has 1 aromatic rings. The summed E-state index contributed by atoms with van der Waals surface area (Å²) >= 11 is 0. The second-order valence-corrected chi connectivity index (χ2v) is 4.64. The van der Waals surface area contributed by atoms with Gasteiger partial charge in [-0.25, -0.2) is 9.78 Å². The summed E-state index contributed by atoms with van der Waals surface area (Å²) in [6.45, 7) is 4.37. The number of imidazole rings is 1. The predicted molar refractivity (Wildman–Crippen MR) is 72.1 cm³/mol. The van der Waals surface area contributed by atoms with Gasteiger partial charge in [0.1, 0.15) is 0 Å². The Morgan fingerprint density at radius 1 is 1.30 bits per heavy atom. The maximum Gasteiger partial charge on any atom is 0.409 e. The Kier molecular flexibility index (Phi) is 4.97. The van der Waals surface area contributed by atoms with E-state index in [9.17, 15) is 9.59 Å². The molecule has 7 heteroatoms. The first-order chi connectivity index (χ1) is 9.70. The minimum atomic E-state index is -0.294. The van der Waals surface area contributed by atoms with E-state index in [4.69, 9.17) is 4.74 Å². The number of aromatic nitrogens is 2. The third-order valence-electron chi connectivity index (χ3n) is 3.32. The van der Waals surface area contributed by atoms with Crippen LogP contribution in [0.4, 0.5) is 4.79 Å². The van der Waals surface area contributed by atoms with Crippen molar-refractivity contribution in [2.24, 2.45) is 0 Å². The van der Waals surface area contributed by atoms with Gasteiger partial charge in [-0.05, 0) is 13.3 Å². The van der Waals surface area contributed by atoms with Crippen molar-refractivity contribution in [3.05, 3.63) is 18.2 Å². The number of hydrogen-bond acceptors (Lipinski definition) is 4. The number of amides is 2. The summed E-state index contributed by atoms with van der Waals surface area (Å²) < 4.78 is 4.95. The van der Waals surface area contributed by atoms with Crippen LogP contribution in [-0.4, -0.2) is 64.6 Å². The molecule has 2 heterocycles. The first-order valence-electron chi connectivity index (χ1n) is 6.87. The van der Waals surface area contributed by atoms with Gasteiger partial charge in [0.15, 0.2) is 0 Å². The molecule has 0 unspecified atom stereocenters. The van der Waals surface area contributed by atoms with E-state index in [1.165, 1.54) is 0 Å². The molecule has 1 aliphatic rings. The second-order valence-electron chi connectivity index (χ2n) is 4.64. The predicted octanol–water partition coefficient (Wildman–Crippen LogP) is 0.643. The summed E-state index contributed by atoms with van der Waals surface area (Å²) in [6, 6.07) is 0. The van der Waals surface area contributed by atoms with Gasteiger partial charge in [-0.15, -0.1) is 0 Å². The average molecular weight is 280 g/mol. The van der Waals surface area contributed by atoms with Crippen molar-refractivity contribution in [2.45, 2.75) is 19.8 Å². The van der Waals surface area contributed by atoms with Crippen molar-refractivity contribution >= 4 is 12.0 Å². The Labute approximate surface area is 117 Å². The monoisotopic (exact) mass is 280 g/mol. The van der Waals surface area contributed by atoms with Gasteiger partial charge in [0, 0.05) is 44.5 Å². The van der Waals surface area contributed by atoms with Gasteiger partial charge in [0.2, 0.25) is 5.91 Å². The number of carbonyl (C=O) groups excluding carboxylic acids is 2. The highest BCUT2D eigenvalue weighted by molar-refractivity contribution is 5.77. The molecule has 0 aromatic carbocycles. The fourth-order valence-corrected chi connectivity index (χ4v) is 2.17. The molecular weight excluding hydrogens is 260 g/mol. The van der Waals surface area contributed by atoms with E-state index in [2.05, 4.69) is 9.97 Å². The lowest BCUT2D eigenvalue weighted by Crippen LogP contribution is -2.50. The van der Waals surface area contributed by atoms with Gasteiger partial charge in [-0.3, -0.25) is 4.79 Å². The molecule has 0 radical (unpaired) electrons. The van der Waals surface area contributed by atoms with Crippen molar-refractivity contribution in [1.82, 2.24) is 19.8 Å². The van der Waals surface area contributed by atoms with E-state index in [0.29, 0.717) is 45.6 Å². The lowest BCUT2D eigenvalue weighted by atomic mass is 10.2. The maximum atomic E-state index is 12.1. The molecule has 1 N–H and O–H groups in total. The van der Waals surface area contributed by atoms with Gasteiger partial charge in [-0.1, -0.05) is 0 Å². The third-order valence-corrected chi connectivity index (χ3v) is 3.32. The van der Waals surface area contributed by atoms with Crippen molar-refractivity contribution < 1.29 is 14.3 Å². The Balaban J connectivity index is 1.73. The van der Waals surface area contributed by atoms with Crippen LogP contribution >= 0.6 is 0 Å². The van der Waals surface area contributed by atoms with Crippen LogP contribution in [-0.2, 0) is 16.0 Å². The number of rotatable bonds is 4. The van der Waals surface area contributed by atoms with E-state index in [-0.39, 0.29) is 12.0 Å². The fourth-order valence-electron chi connectivity index (χ4n) is 2.17. The van der Waals surface area contributed by atoms with Gasteiger partial charge < -0.3 is 19.5 Å². The van der Waals surface area contributed by atoms with Crippen LogP contribution < -0.4 is 0 Å². The number of hydrogen-bond donors (Lipinski definition) is 1. The molecule has 2 rings (SSSR count). The molecule has 1 saturated heterocycles. The molecule has 110 valence electrons. The van der Waals surface area contributed by atoms with Crippen LogP contribution in [0.2, 0.25) is 0 Å². The number of nitrogens with one attached hydrogen (secondary N) is 1. The summed E-state index contributed by atoms with van der Waals surface area (Å²) in [5.41, 5.74) is 0.962. The van der Waals surface area contributed by atoms with Crippen molar-refractivity contribution in [3.8, 4) is 0 Å². The zero-order valence-corrected chi connectivity index (χ0v) is 11.7. The van der Waals surface area contributed by atoms with E-state index in [1.54, 1.807) is 29.2 Å². The molecule has 0 spiro atoms. The number of nitrogens with zero attached hydrogens (tertiary/aromatic N) is 3. The van der Waals surface area contributed by atoms with Crippen LogP contribution in [0.15, 0.2) is 12.5 Å². The molecular formula is C13H20N4O3. The Morgan fingerprint density at radius 3 is 2.60 bits per heavy atom. The summed E-state index contributed by atoms with van der Waals surface area (Å²) in [5, 5.41) is 0. The molecule has 0 aliphatic carbocycles. The Bertz CT molecular complexity index is 438. The summed E-state index contributed by atoms with van der Waals surface area (Å²) in [5.74, 6) is 0.114. The van der Waals surface area contributed by atoms with Crippen molar-refractivity contribution in [2.75, 3.05) is 32.8 Å². The molecule has 7 nitrogen and oxygen atoms in total. The van der Waals surface area contributed by atoms with Crippen LogP contribution in [0.5, 0.6) is 0 Å². The Morgan fingerprint density at radius 2 is 2.00 bits per heavy atom. The first kappa shape index (κ1) is 14.4. The largest absolute Gasteiger partial charge is 0.450 e. The minimum absolute atomic E-state index is 0.114. The zero-order valence-electron chi connectivity index (χ0n) is 11.7. The molecule has 20 heavy (non-hydrogen) atoms. The number of aryl methyl sites for hydroxylation is 1. The van der Waals surface area contributed by atoms with Gasteiger partial charge in [0.25, 0.3) is 0 Å². The molecule has 1 aromatic heterocycles. The number of aromatic amines is 1. The standard InChI is InChI=1S/C13H20N4O3/c1-2-20-13(19)17-7-5-16(6-8-17)12(18)4-3-11-9-14-10-15-11/h9-10H,2-8H2,1H3,(H,14,15). The minimum Gasteiger partial charge on any atom is -0.450 e. The quantitative estimate of drug-likeness (QED) is 0.878. The van der Waals surface area contributed by atoms with Crippen LogP contribution in [0.25, 0.3) is 0 Å². The SMILES string of the molecule is CCOC(=O)N1CCN(C(=O)CCc2cnc[nH]2)CC1. The number of carbonyl (C=O) groups is 2. The number of ether oxygens (including phenoxy) is 1. The van der Waals surface area contributed by atoms with Gasteiger partial charge >= 0.3 is 6.09 Å². The summed E-state index contributed by atoms with van der Waals surface area (Å²) in [6.07, 6.45) is 4.17. The average Bonchev–Trinajstić information content (AvgIpc) is 2.98. The zero-order chi connectivity index (χ0) is 14.4. The van der Waals surface area contributed by atoms with Crippen LogP contribution in [0.1, 0.15) is 19.0 Å². The molecule has 1 fully saturated rings. The van der Waals surface area contributed by atoms with E-state index in [0.717, 1.165) is 5.69 Å². The molecule has 2 amide bonds. The second kappa shape index (κ2) is 6.93. The molecule has 0 atom stereocenters. The lowest BCUT2D eigenvalue weighted by Gasteiger charge is -2.34. The highest BCUT2D eigenvalue weighted by atomic mass is 16.6. The lowest BCUT2D eigenvalue weighted by molar-refractivity contribution is -0.132. The van der Waals surface area contributed by atoms with E-state index >= 15 is 0 Å². The fraction of sp³-hybridized carbons (Fsp3) is 0.615. The summed E-state index contributed by atoms with van der Waals surface area (Å²) in [4.78, 5) is 33.9. The Hall–Kier alpha value is -2.05. The number of H-pyrrole nitrogens is 1. The van der Waals surface area contributed by atoms with Crippen molar-refractivity contribution in [1.29, 1.82) is 0 Å². The smallest absolute Gasteiger partial charge is 0.409 e. The van der Waals surface area contributed by atoms with Crippen LogP contribution in [0.3, 0.4) is 0 Å². The van der Waals surface area contributed by atoms with Gasteiger partial charge in [-0.2, -0.15) is 0 Å². The maximum absolute atomic E-state index is 12.1. The topological polar surface area (TPSA) is 78.5 Å². The van der Waals surface area contributed by atoms with Crippen LogP contribution in [0, 0.1) is 0 Å². The summed E-state index contributed by atoms with van der Waals surface area (Å²) in [7, 11) is 0.